The van der Waals surface area contributed by atoms with Gasteiger partial charge in [-0.3, -0.25) is 14.5 Å². The minimum absolute atomic E-state index is 0.00455. The zero-order valence-electron chi connectivity index (χ0n) is 15.2. The number of rotatable bonds is 6. The molecule has 2 fully saturated rings. The smallest absolute Gasteiger partial charge is 0.252 e. The third-order valence-electron chi connectivity index (χ3n) is 4.87. The van der Waals surface area contributed by atoms with Crippen LogP contribution in [0.3, 0.4) is 0 Å². The Bertz CT molecular complexity index is 442. The van der Waals surface area contributed by atoms with E-state index in [2.05, 4.69) is 24.1 Å². The summed E-state index contributed by atoms with van der Waals surface area (Å²) in [5.41, 5.74) is -0.00455. The van der Waals surface area contributed by atoms with Crippen molar-refractivity contribution in [3.05, 3.63) is 0 Å². The molecule has 0 radical (unpaired) electrons. The molecule has 2 aliphatic rings. The molecule has 2 amide bonds. The molecule has 1 atom stereocenters. The number of morpholine rings is 1. The second kappa shape index (κ2) is 8.78. The van der Waals surface area contributed by atoms with Crippen molar-refractivity contribution in [3.63, 3.8) is 0 Å². The Morgan fingerprint density at radius 2 is 2.17 bits per heavy atom. The number of nitrogens with zero attached hydrogens (tertiary/aromatic N) is 2. The number of methoxy groups -OCH3 is 1. The van der Waals surface area contributed by atoms with Crippen LogP contribution in [-0.4, -0.2) is 86.3 Å². The highest BCUT2D eigenvalue weighted by molar-refractivity contribution is 5.87. The van der Waals surface area contributed by atoms with Gasteiger partial charge in [0.05, 0.1) is 19.8 Å². The van der Waals surface area contributed by atoms with Crippen LogP contribution >= 0.6 is 0 Å². The second-order valence-electron chi connectivity index (χ2n) is 7.18. The van der Waals surface area contributed by atoms with E-state index in [0.29, 0.717) is 19.7 Å². The molecule has 7 heteroatoms. The maximum atomic E-state index is 12.3. The summed E-state index contributed by atoms with van der Waals surface area (Å²) < 4.78 is 10.7. The van der Waals surface area contributed by atoms with Crippen LogP contribution in [0.2, 0.25) is 0 Å². The molecule has 1 unspecified atom stereocenters. The summed E-state index contributed by atoms with van der Waals surface area (Å²) in [6.45, 7) is 8.73. The van der Waals surface area contributed by atoms with E-state index >= 15 is 0 Å². The first-order valence-corrected chi connectivity index (χ1v) is 8.85. The first kappa shape index (κ1) is 19.1. The SMILES string of the molecule is COC1CCCCN(CC(=O)NCCN2CCOCC2(C)C)C1=O. The number of hydrogen-bond donors (Lipinski definition) is 1. The summed E-state index contributed by atoms with van der Waals surface area (Å²) in [7, 11) is 1.55. The number of amides is 2. The molecule has 138 valence electrons. The minimum atomic E-state index is -0.408. The van der Waals surface area contributed by atoms with Crippen LogP contribution in [0, 0.1) is 0 Å². The van der Waals surface area contributed by atoms with E-state index in [1.807, 2.05) is 0 Å². The number of ether oxygens (including phenoxy) is 2. The average molecular weight is 341 g/mol. The van der Waals surface area contributed by atoms with Crippen molar-refractivity contribution in [2.45, 2.75) is 44.8 Å². The first-order chi connectivity index (χ1) is 11.4. The summed E-state index contributed by atoms with van der Waals surface area (Å²) in [6, 6.07) is 0. The van der Waals surface area contributed by atoms with Crippen molar-refractivity contribution in [3.8, 4) is 0 Å². The van der Waals surface area contributed by atoms with Crippen molar-refractivity contribution in [2.75, 3.05) is 53.0 Å². The lowest BCUT2D eigenvalue weighted by Crippen LogP contribution is -2.55. The van der Waals surface area contributed by atoms with Crippen LogP contribution in [0.5, 0.6) is 0 Å². The Hall–Kier alpha value is -1.18. The predicted octanol–water partition coefficient (Wildman–Crippen LogP) is 0.241. The normalized spacial score (nSPS) is 25.4. The Morgan fingerprint density at radius 1 is 1.38 bits per heavy atom. The monoisotopic (exact) mass is 341 g/mol. The van der Waals surface area contributed by atoms with Gasteiger partial charge >= 0.3 is 0 Å². The molecule has 24 heavy (non-hydrogen) atoms. The van der Waals surface area contributed by atoms with Crippen molar-refractivity contribution in [1.29, 1.82) is 0 Å². The summed E-state index contributed by atoms with van der Waals surface area (Å²) in [6.07, 6.45) is 2.20. The quantitative estimate of drug-likeness (QED) is 0.749. The van der Waals surface area contributed by atoms with Crippen molar-refractivity contribution in [1.82, 2.24) is 15.1 Å². The average Bonchev–Trinajstić information content (AvgIpc) is 2.71. The van der Waals surface area contributed by atoms with Crippen molar-refractivity contribution >= 4 is 11.8 Å². The van der Waals surface area contributed by atoms with Gasteiger partial charge in [-0.2, -0.15) is 0 Å². The van der Waals surface area contributed by atoms with Crippen LogP contribution in [0.25, 0.3) is 0 Å². The summed E-state index contributed by atoms with van der Waals surface area (Å²) in [5, 5.41) is 2.93. The fourth-order valence-electron chi connectivity index (χ4n) is 3.31. The highest BCUT2D eigenvalue weighted by Gasteiger charge is 2.30. The molecule has 0 spiro atoms. The molecule has 0 aromatic carbocycles. The molecule has 2 heterocycles. The Kier molecular flexibility index (Phi) is 7.01. The number of carbonyl (C=O) groups is 2. The number of likely N-dealkylation sites (tertiary alicyclic amines) is 1. The third kappa shape index (κ3) is 5.16. The maximum Gasteiger partial charge on any atom is 0.252 e. The summed E-state index contributed by atoms with van der Waals surface area (Å²) in [4.78, 5) is 28.4. The predicted molar refractivity (Wildman–Crippen MR) is 90.7 cm³/mol. The molecule has 2 rings (SSSR count). The van der Waals surface area contributed by atoms with E-state index in [1.165, 1.54) is 0 Å². The largest absolute Gasteiger partial charge is 0.378 e. The molecule has 7 nitrogen and oxygen atoms in total. The van der Waals surface area contributed by atoms with E-state index < -0.39 is 6.10 Å². The Balaban J connectivity index is 1.75. The van der Waals surface area contributed by atoms with Crippen molar-refractivity contribution < 1.29 is 19.1 Å². The van der Waals surface area contributed by atoms with E-state index in [-0.39, 0.29) is 23.9 Å². The molecule has 2 saturated heterocycles. The lowest BCUT2D eigenvalue weighted by atomic mass is 10.0. The number of hydrogen-bond acceptors (Lipinski definition) is 5. The van der Waals surface area contributed by atoms with Gasteiger partial charge in [0, 0.05) is 38.8 Å². The standard InChI is InChI=1S/C17H31N3O4/c1-17(2)13-24-11-10-20(17)9-7-18-15(21)12-19-8-5-4-6-14(23-3)16(19)22/h14H,4-13H2,1-3H3,(H,18,21). The van der Waals surface area contributed by atoms with Crippen LogP contribution in [0.15, 0.2) is 0 Å². The van der Waals surface area contributed by atoms with Gasteiger partial charge < -0.3 is 19.7 Å². The minimum Gasteiger partial charge on any atom is -0.378 e. The molecule has 0 saturated carbocycles. The lowest BCUT2D eigenvalue weighted by molar-refractivity contribution is -0.144. The molecular formula is C17H31N3O4. The van der Waals surface area contributed by atoms with E-state index in [0.717, 1.165) is 39.0 Å². The molecule has 0 aliphatic carbocycles. The summed E-state index contributed by atoms with van der Waals surface area (Å²) in [5.74, 6) is -0.175. The molecule has 1 N–H and O–H groups in total. The highest BCUT2D eigenvalue weighted by atomic mass is 16.5. The number of carbonyl (C=O) groups excluding carboxylic acids is 2. The fraction of sp³-hybridized carbons (Fsp3) is 0.882. The Morgan fingerprint density at radius 3 is 2.88 bits per heavy atom. The fourth-order valence-corrected chi connectivity index (χ4v) is 3.31. The van der Waals surface area contributed by atoms with Crippen LogP contribution in [0.1, 0.15) is 33.1 Å². The van der Waals surface area contributed by atoms with E-state index in [9.17, 15) is 9.59 Å². The van der Waals surface area contributed by atoms with Crippen LogP contribution in [-0.2, 0) is 19.1 Å². The van der Waals surface area contributed by atoms with Gasteiger partial charge in [0.2, 0.25) is 5.91 Å². The van der Waals surface area contributed by atoms with Gasteiger partial charge in [0.15, 0.2) is 0 Å². The van der Waals surface area contributed by atoms with E-state index in [1.54, 1.807) is 12.0 Å². The molecule has 0 bridgehead atoms. The number of nitrogens with one attached hydrogen (secondary N) is 1. The lowest BCUT2D eigenvalue weighted by Gasteiger charge is -2.42. The van der Waals surface area contributed by atoms with Crippen molar-refractivity contribution in [2.24, 2.45) is 0 Å². The first-order valence-electron chi connectivity index (χ1n) is 8.85. The van der Waals surface area contributed by atoms with Gasteiger partial charge in [0.1, 0.15) is 6.10 Å². The maximum absolute atomic E-state index is 12.3. The van der Waals surface area contributed by atoms with E-state index in [4.69, 9.17) is 9.47 Å². The summed E-state index contributed by atoms with van der Waals surface area (Å²) >= 11 is 0. The molecule has 0 aromatic rings. The van der Waals surface area contributed by atoms with Gasteiger partial charge in [-0.05, 0) is 33.1 Å². The van der Waals surface area contributed by atoms with Crippen LogP contribution < -0.4 is 5.32 Å². The zero-order chi connectivity index (χ0) is 17.6. The van der Waals surface area contributed by atoms with Gasteiger partial charge in [-0.15, -0.1) is 0 Å². The van der Waals surface area contributed by atoms with Crippen LogP contribution in [0.4, 0.5) is 0 Å². The third-order valence-corrected chi connectivity index (χ3v) is 4.87. The van der Waals surface area contributed by atoms with Gasteiger partial charge in [-0.1, -0.05) is 0 Å². The highest BCUT2D eigenvalue weighted by Crippen LogP contribution is 2.18. The molecular weight excluding hydrogens is 310 g/mol. The topological polar surface area (TPSA) is 71.1 Å². The van der Waals surface area contributed by atoms with Gasteiger partial charge in [-0.25, -0.2) is 0 Å². The second-order valence-corrected chi connectivity index (χ2v) is 7.18. The Labute approximate surface area is 144 Å². The zero-order valence-corrected chi connectivity index (χ0v) is 15.2. The molecule has 0 aromatic heterocycles. The molecule has 2 aliphatic heterocycles. The van der Waals surface area contributed by atoms with Gasteiger partial charge in [0.25, 0.3) is 5.91 Å².